The minimum absolute atomic E-state index is 0.101. The average Bonchev–Trinajstić information content (AvgIpc) is 2.66. The van der Waals surface area contributed by atoms with Crippen molar-refractivity contribution < 1.29 is 4.79 Å². The van der Waals surface area contributed by atoms with Gasteiger partial charge >= 0.3 is 0 Å². The first-order valence-electron chi connectivity index (χ1n) is 7.16. The van der Waals surface area contributed by atoms with E-state index in [0.29, 0.717) is 10.7 Å². The van der Waals surface area contributed by atoms with Gasteiger partial charge in [-0.25, -0.2) is 4.98 Å². The second-order valence-corrected chi connectivity index (χ2v) is 5.51. The van der Waals surface area contributed by atoms with Gasteiger partial charge in [-0.15, -0.1) is 0 Å². The molecule has 1 aliphatic heterocycles. The Morgan fingerprint density at radius 2 is 1.95 bits per heavy atom. The maximum atomic E-state index is 12.5. The van der Waals surface area contributed by atoms with Gasteiger partial charge in [0.2, 0.25) is 0 Å². The van der Waals surface area contributed by atoms with Crippen molar-refractivity contribution in [3.05, 3.63) is 28.5 Å². The SMILES string of the molecule is CCCc1cc(C(=O)N2CCCCCC2)cc(Cl)n1. The number of rotatable bonds is 3. The maximum absolute atomic E-state index is 12.5. The molecule has 1 saturated heterocycles. The number of aromatic nitrogens is 1. The highest BCUT2D eigenvalue weighted by atomic mass is 35.5. The summed E-state index contributed by atoms with van der Waals surface area (Å²) in [5.41, 5.74) is 1.60. The van der Waals surface area contributed by atoms with Crippen molar-refractivity contribution in [1.29, 1.82) is 0 Å². The Labute approximate surface area is 120 Å². The molecule has 0 unspecified atom stereocenters. The Hall–Kier alpha value is -1.09. The number of carbonyl (C=O) groups is 1. The number of likely N-dealkylation sites (tertiary alicyclic amines) is 1. The Kier molecular flexibility index (Phi) is 5.20. The molecule has 0 aromatic carbocycles. The third kappa shape index (κ3) is 3.93. The zero-order valence-electron chi connectivity index (χ0n) is 11.5. The lowest BCUT2D eigenvalue weighted by Gasteiger charge is -2.20. The van der Waals surface area contributed by atoms with E-state index >= 15 is 0 Å². The number of amides is 1. The Morgan fingerprint density at radius 3 is 2.58 bits per heavy atom. The lowest BCUT2D eigenvalue weighted by molar-refractivity contribution is 0.0761. The van der Waals surface area contributed by atoms with Crippen LogP contribution < -0.4 is 0 Å². The minimum atomic E-state index is 0.101. The monoisotopic (exact) mass is 280 g/mol. The molecule has 0 bridgehead atoms. The van der Waals surface area contributed by atoms with Crippen molar-refractivity contribution in [2.75, 3.05) is 13.1 Å². The summed E-state index contributed by atoms with van der Waals surface area (Å²) in [5, 5.41) is 0.420. The summed E-state index contributed by atoms with van der Waals surface area (Å²) in [5.74, 6) is 0.101. The molecular formula is C15H21ClN2O. The number of nitrogens with zero attached hydrogens (tertiary/aromatic N) is 2. The van der Waals surface area contributed by atoms with Crippen LogP contribution in [0, 0.1) is 0 Å². The van der Waals surface area contributed by atoms with Crippen LogP contribution in [0.3, 0.4) is 0 Å². The first kappa shape index (κ1) is 14.3. The van der Waals surface area contributed by atoms with Gasteiger partial charge in [-0.3, -0.25) is 4.79 Å². The molecule has 0 radical (unpaired) electrons. The highest BCUT2D eigenvalue weighted by Gasteiger charge is 2.18. The normalized spacial score (nSPS) is 16.2. The number of hydrogen-bond acceptors (Lipinski definition) is 2. The molecule has 4 heteroatoms. The summed E-state index contributed by atoms with van der Waals surface area (Å²) in [7, 11) is 0. The van der Waals surface area contributed by atoms with Crippen molar-refractivity contribution in [3.63, 3.8) is 0 Å². The largest absolute Gasteiger partial charge is 0.339 e. The Balaban J connectivity index is 2.17. The summed E-state index contributed by atoms with van der Waals surface area (Å²) >= 11 is 6.02. The van der Waals surface area contributed by atoms with Crippen LogP contribution in [0.15, 0.2) is 12.1 Å². The molecule has 3 nitrogen and oxygen atoms in total. The van der Waals surface area contributed by atoms with Gasteiger partial charge in [0.05, 0.1) is 0 Å². The van der Waals surface area contributed by atoms with E-state index in [9.17, 15) is 4.79 Å². The fourth-order valence-electron chi connectivity index (χ4n) is 2.52. The van der Waals surface area contributed by atoms with Gasteiger partial charge in [-0.05, 0) is 31.4 Å². The van der Waals surface area contributed by atoms with E-state index in [0.717, 1.165) is 44.5 Å². The van der Waals surface area contributed by atoms with Gasteiger partial charge in [0, 0.05) is 24.3 Å². The van der Waals surface area contributed by atoms with Crippen LogP contribution in [0.4, 0.5) is 0 Å². The summed E-state index contributed by atoms with van der Waals surface area (Å²) in [6.45, 7) is 3.82. The summed E-state index contributed by atoms with van der Waals surface area (Å²) in [4.78, 5) is 18.7. The number of halogens is 1. The topological polar surface area (TPSA) is 33.2 Å². The molecule has 1 amide bonds. The molecule has 0 spiro atoms. The van der Waals surface area contributed by atoms with Crippen LogP contribution in [0.2, 0.25) is 5.15 Å². The number of aryl methyl sites for hydroxylation is 1. The van der Waals surface area contributed by atoms with Gasteiger partial charge in [0.1, 0.15) is 5.15 Å². The molecule has 19 heavy (non-hydrogen) atoms. The van der Waals surface area contributed by atoms with Crippen LogP contribution in [-0.2, 0) is 6.42 Å². The molecule has 0 saturated carbocycles. The van der Waals surface area contributed by atoms with Crippen molar-refractivity contribution in [1.82, 2.24) is 9.88 Å². The molecule has 2 rings (SSSR count). The molecule has 1 aliphatic rings. The Morgan fingerprint density at radius 1 is 1.26 bits per heavy atom. The molecule has 1 aromatic rings. The first-order chi connectivity index (χ1) is 9.20. The number of carbonyl (C=O) groups excluding carboxylic acids is 1. The van der Waals surface area contributed by atoms with E-state index in [1.165, 1.54) is 12.8 Å². The van der Waals surface area contributed by atoms with E-state index in [4.69, 9.17) is 11.6 Å². The van der Waals surface area contributed by atoms with E-state index in [2.05, 4.69) is 11.9 Å². The molecule has 104 valence electrons. The molecule has 0 N–H and O–H groups in total. The molecular weight excluding hydrogens is 260 g/mol. The molecule has 1 fully saturated rings. The summed E-state index contributed by atoms with van der Waals surface area (Å²) in [6, 6.07) is 3.58. The van der Waals surface area contributed by atoms with E-state index in [1.807, 2.05) is 11.0 Å². The predicted molar refractivity (Wildman–Crippen MR) is 77.6 cm³/mol. The van der Waals surface area contributed by atoms with Crippen molar-refractivity contribution >= 4 is 17.5 Å². The lowest BCUT2D eigenvalue weighted by atomic mass is 10.1. The first-order valence-corrected chi connectivity index (χ1v) is 7.54. The highest BCUT2D eigenvalue weighted by molar-refractivity contribution is 6.29. The van der Waals surface area contributed by atoms with Crippen molar-refractivity contribution in [2.24, 2.45) is 0 Å². The van der Waals surface area contributed by atoms with Crippen LogP contribution in [-0.4, -0.2) is 28.9 Å². The fourth-order valence-corrected chi connectivity index (χ4v) is 2.74. The molecule has 0 atom stereocenters. The third-order valence-electron chi connectivity index (χ3n) is 3.49. The van der Waals surface area contributed by atoms with E-state index < -0.39 is 0 Å². The quantitative estimate of drug-likeness (QED) is 0.791. The molecule has 1 aromatic heterocycles. The summed E-state index contributed by atoms with van der Waals surface area (Å²) < 4.78 is 0. The van der Waals surface area contributed by atoms with Crippen LogP contribution in [0.25, 0.3) is 0 Å². The van der Waals surface area contributed by atoms with Crippen molar-refractivity contribution in [2.45, 2.75) is 45.4 Å². The van der Waals surface area contributed by atoms with Crippen LogP contribution in [0.5, 0.6) is 0 Å². The fraction of sp³-hybridized carbons (Fsp3) is 0.600. The Bertz CT molecular complexity index is 440. The van der Waals surface area contributed by atoms with Gasteiger partial charge in [0.25, 0.3) is 5.91 Å². The number of pyridine rings is 1. The summed E-state index contributed by atoms with van der Waals surface area (Å²) in [6.07, 6.45) is 6.52. The van der Waals surface area contributed by atoms with Crippen LogP contribution in [0.1, 0.15) is 55.1 Å². The standard InChI is InChI=1S/C15H21ClN2O/c1-2-7-13-10-12(11-14(16)17-13)15(19)18-8-5-3-4-6-9-18/h10-11H,2-9H2,1H3. The zero-order valence-corrected chi connectivity index (χ0v) is 12.2. The molecule has 2 heterocycles. The van der Waals surface area contributed by atoms with E-state index in [-0.39, 0.29) is 5.91 Å². The minimum Gasteiger partial charge on any atom is -0.339 e. The van der Waals surface area contributed by atoms with Gasteiger partial charge in [0.15, 0.2) is 0 Å². The number of hydrogen-bond donors (Lipinski definition) is 0. The smallest absolute Gasteiger partial charge is 0.254 e. The lowest BCUT2D eigenvalue weighted by Crippen LogP contribution is -2.31. The second-order valence-electron chi connectivity index (χ2n) is 5.13. The zero-order chi connectivity index (χ0) is 13.7. The third-order valence-corrected chi connectivity index (χ3v) is 3.69. The van der Waals surface area contributed by atoms with E-state index in [1.54, 1.807) is 6.07 Å². The predicted octanol–water partition coefficient (Wildman–Crippen LogP) is 3.70. The van der Waals surface area contributed by atoms with Crippen molar-refractivity contribution in [3.8, 4) is 0 Å². The van der Waals surface area contributed by atoms with Gasteiger partial charge in [-0.1, -0.05) is 37.8 Å². The highest BCUT2D eigenvalue weighted by Crippen LogP contribution is 2.17. The van der Waals surface area contributed by atoms with Crippen LogP contribution >= 0.6 is 11.6 Å². The second kappa shape index (κ2) is 6.90. The molecule has 0 aliphatic carbocycles. The van der Waals surface area contributed by atoms with Gasteiger partial charge < -0.3 is 4.90 Å². The maximum Gasteiger partial charge on any atom is 0.254 e. The van der Waals surface area contributed by atoms with Gasteiger partial charge in [-0.2, -0.15) is 0 Å². The average molecular weight is 281 g/mol.